The largest absolute Gasteiger partial charge is 0.478 e. The van der Waals surface area contributed by atoms with Gasteiger partial charge in [-0.15, -0.1) is 0 Å². The van der Waals surface area contributed by atoms with Gasteiger partial charge in [-0.3, -0.25) is 9.80 Å². The van der Waals surface area contributed by atoms with Crippen LogP contribution in [0.3, 0.4) is 0 Å². The number of fused-ring (bicyclic) bond motifs is 1. The number of aromatic carboxylic acids is 1. The number of benzene rings is 1. The van der Waals surface area contributed by atoms with Crippen LogP contribution < -0.4 is 0 Å². The van der Waals surface area contributed by atoms with E-state index in [1.807, 2.05) is 0 Å². The van der Waals surface area contributed by atoms with E-state index >= 15 is 0 Å². The summed E-state index contributed by atoms with van der Waals surface area (Å²) in [6.45, 7) is 5.01. The fraction of sp³-hybridized carbons (Fsp3) is 0.533. The van der Waals surface area contributed by atoms with Crippen molar-refractivity contribution in [3.05, 3.63) is 35.1 Å². The Labute approximate surface area is 117 Å². The van der Waals surface area contributed by atoms with Crippen molar-refractivity contribution in [1.29, 1.82) is 0 Å². The van der Waals surface area contributed by atoms with Gasteiger partial charge >= 0.3 is 5.97 Å². The third kappa shape index (κ3) is 2.69. The molecule has 1 atom stereocenters. The number of piperazine rings is 1. The second kappa shape index (κ2) is 5.50. The van der Waals surface area contributed by atoms with Crippen LogP contribution in [-0.2, 0) is 6.54 Å². The lowest BCUT2D eigenvalue weighted by Crippen LogP contribution is -2.49. The predicted molar refractivity (Wildman–Crippen MR) is 73.2 cm³/mol. The van der Waals surface area contributed by atoms with Gasteiger partial charge in [-0.2, -0.15) is 0 Å². The molecule has 108 valence electrons. The van der Waals surface area contributed by atoms with Crippen LogP contribution >= 0.6 is 0 Å². The maximum Gasteiger partial charge on any atom is 0.338 e. The molecule has 0 spiro atoms. The second-order valence-electron chi connectivity index (χ2n) is 5.69. The topological polar surface area (TPSA) is 43.8 Å². The molecule has 1 aromatic rings. The van der Waals surface area contributed by atoms with Crippen LogP contribution in [0, 0.1) is 5.82 Å². The summed E-state index contributed by atoms with van der Waals surface area (Å²) >= 11 is 0. The number of carbonyl (C=O) groups is 1. The van der Waals surface area contributed by atoms with Gasteiger partial charge < -0.3 is 5.11 Å². The van der Waals surface area contributed by atoms with Crippen molar-refractivity contribution in [1.82, 2.24) is 9.80 Å². The molecule has 3 rings (SSSR count). The van der Waals surface area contributed by atoms with E-state index in [2.05, 4.69) is 9.80 Å². The third-order valence-electron chi connectivity index (χ3n) is 4.34. The minimum atomic E-state index is -1.20. The molecule has 2 fully saturated rings. The van der Waals surface area contributed by atoms with Crippen LogP contribution in [0.1, 0.15) is 28.8 Å². The Balaban J connectivity index is 1.68. The smallest absolute Gasteiger partial charge is 0.338 e. The molecule has 0 amide bonds. The molecule has 2 heterocycles. The van der Waals surface area contributed by atoms with Crippen molar-refractivity contribution in [3.63, 3.8) is 0 Å². The molecule has 4 nitrogen and oxygen atoms in total. The first kappa shape index (κ1) is 13.5. The van der Waals surface area contributed by atoms with Crippen molar-refractivity contribution in [2.75, 3.05) is 26.2 Å². The Bertz CT molecular complexity index is 521. The molecule has 1 N–H and O–H groups in total. The number of nitrogens with zero attached hydrogens (tertiary/aromatic N) is 2. The highest BCUT2D eigenvalue weighted by molar-refractivity contribution is 5.88. The minimum absolute atomic E-state index is 0.234. The van der Waals surface area contributed by atoms with Gasteiger partial charge in [0.15, 0.2) is 0 Å². The first-order valence-electron chi connectivity index (χ1n) is 7.11. The Morgan fingerprint density at radius 2 is 2.20 bits per heavy atom. The summed E-state index contributed by atoms with van der Waals surface area (Å²) in [5.41, 5.74) is 0.636. The van der Waals surface area contributed by atoms with Gasteiger partial charge in [0.1, 0.15) is 5.82 Å². The molecule has 0 saturated carbocycles. The fourth-order valence-corrected chi connectivity index (χ4v) is 3.29. The van der Waals surface area contributed by atoms with Crippen molar-refractivity contribution in [2.45, 2.75) is 25.4 Å². The molecule has 5 heteroatoms. The van der Waals surface area contributed by atoms with Crippen LogP contribution in [-0.4, -0.2) is 53.1 Å². The van der Waals surface area contributed by atoms with Crippen LogP contribution in [0.25, 0.3) is 0 Å². The van der Waals surface area contributed by atoms with Gasteiger partial charge in [-0.05, 0) is 37.1 Å². The van der Waals surface area contributed by atoms with E-state index in [1.165, 1.54) is 31.5 Å². The quantitative estimate of drug-likeness (QED) is 0.915. The number of hydrogen-bond donors (Lipinski definition) is 1. The number of halogens is 1. The maximum atomic E-state index is 13.4. The van der Waals surface area contributed by atoms with E-state index in [9.17, 15) is 9.18 Å². The Morgan fingerprint density at radius 1 is 1.35 bits per heavy atom. The number of carboxylic acids is 1. The lowest BCUT2D eigenvalue weighted by Gasteiger charge is -2.37. The third-order valence-corrected chi connectivity index (χ3v) is 4.34. The Morgan fingerprint density at radius 3 is 3.00 bits per heavy atom. The summed E-state index contributed by atoms with van der Waals surface area (Å²) in [7, 11) is 0. The fourth-order valence-electron chi connectivity index (χ4n) is 3.29. The zero-order chi connectivity index (χ0) is 14.1. The zero-order valence-corrected chi connectivity index (χ0v) is 11.4. The summed E-state index contributed by atoms with van der Waals surface area (Å²) in [5, 5.41) is 8.96. The van der Waals surface area contributed by atoms with Crippen LogP contribution in [0.5, 0.6) is 0 Å². The number of hydrogen-bond acceptors (Lipinski definition) is 3. The lowest BCUT2D eigenvalue weighted by atomic mass is 10.1. The molecular weight excluding hydrogens is 259 g/mol. The lowest BCUT2D eigenvalue weighted by molar-refractivity contribution is 0.0691. The van der Waals surface area contributed by atoms with Crippen LogP contribution in [0.2, 0.25) is 0 Å². The summed E-state index contributed by atoms with van der Waals surface area (Å²) in [5.74, 6) is -1.87. The molecule has 0 aromatic heterocycles. The van der Waals surface area contributed by atoms with Crippen molar-refractivity contribution in [2.24, 2.45) is 0 Å². The van der Waals surface area contributed by atoms with Gasteiger partial charge in [0.25, 0.3) is 0 Å². The highest BCUT2D eigenvalue weighted by atomic mass is 19.1. The SMILES string of the molecule is O=C(O)c1cc(CN2CCN3CCCC3C2)ccc1F. The first-order valence-corrected chi connectivity index (χ1v) is 7.11. The van der Waals surface area contributed by atoms with Gasteiger partial charge in [0, 0.05) is 32.2 Å². The van der Waals surface area contributed by atoms with Crippen molar-refractivity contribution in [3.8, 4) is 0 Å². The molecule has 20 heavy (non-hydrogen) atoms. The number of carboxylic acid groups (broad SMARTS) is 1. The van der Waals surface area contributed by atoms with Crippen LogP contribution in [0.4, 0.5) is 4.39 Å². The molecule has 2 saturated heterocycles. The van der Waals surface area contributed by atoms with E-state index in [4.69, 9.17) is 5.11 Å². The number of rotatable bonds is 3. The molecule has 0 aliphatic carbocycles. The highest BCUT2D eigenvalue weighted by Gasteiger charge is 2.30. The average Bonchev–Trinajstić information content (AvgIpc) is 2.88. The molecule has 1 aromatic carbocycles. The molecule has 2 aliphatic rings. The summed E-state index contributed by atoms with van der Waals surface area (Å²) < 4.78 is 13.4. The molecular formula is C15H19FN2O2. The van der Waals surface area contributed by atoms with E-state index in [0.717, 1.165) is 25.2 Å². The molecule has 2 aliphatic heterocycles. The van der Waals surface area contributed by atoms with Crippen molar-refractivity contribution < 1.29 is 14.3 Å². The standard InChI is InChI=1S/C15H19FN2O2/c16-14-4-3-11(8-13(14)15(19)20)9-17-6-7-18-5-1-2-12(18)10-17/h3-4,8,12H,1-2,5-7,9-10H2,(H,19,20). The van der Waals surface area contributed by atoms with E-state index in [-0.39, 0.29) is 5.56 Å². The van der Waals surface area contributed by atoms with Gasteiger partial charge in [-0.25, -0.2) is 9.18 Å². The maximum absolute atomic E-state index is 13.4. The molecule has 1 unspecified atom stereocenters. The molecule has 0 bridgehead atoms. The Hall–Kier alpha value is -1.46. The summed E-state index contributed by atoms with van der Waals surface area (Å²) in [6, 6.07) is 5.04. The van der Waals surface area contributed by atoms with E-state index in [0.29, 0.717) is 12.6 Å². The average molecular weight is 278 g/mol. The normalized spacial score (nSPS) is 23.8. The minimum Gasteiger partial charge on any atom is -0.478 e. The zero-order valence-electron chi connectivity index (χ0n) is 11.4. The van der Waals surface area contributed by atoms with Gasteiger partial charge in [0.05, 0.1) is 5.56 Å². The van der Waals surface area contributed by atoms with E-state index < -0.39 is 11.8 Å². The Kier molecular flexibility index (Phi) is 3.72. The van der Waals surface area contributed by atoms with Gasteiger partial charge in [-0.1, -0.05) is 6.07 Å². The van der Waals surface area contributed by atoms with Gasteiger partial charge in [0.2, 0.25) is 0 Å². The summed E-state index contributed by atoms with van der Waals surface area (Å²) in [6.07, 6.45) is 2.53. The summed E-state index contributed by atoms with van der Waals surface area (Å²) in [4.78, 5) is 15.8. The van der Waals surface area contributed by atoms with E-state index in [1.54, 1.807) is 6.07 Å². The van der Waals surface area contributed by atoms with Crippen molar-refractivity contribution >= 4 is 5.97 Å². The van der Waals surface area contributed by atoms with Crippen LogP contribution in [0.15, 0.2) is 18.2 Å². The monoisotopic (exact) mass is 278 g/mol. The first-order chi connectivity index (χ1) is 9.63. The second-order valence-corrected chi connectivity index (χ2v) is 5.69. The highest BCUT2D eigenvalue weighted by Crippen LogP contribution is 2.23. The molecule has 0 radical (unpaired) electrons. The predicted octanol–water partition coefficient (Wildman–Crippen LogP) is 1.80.